The summed E-state index contributed by atoms with van der Waals surface area (Å²) in [5.41, 5.74) is 3.88. The van der Waals surface area contributed by atoms with Gasteiger partial charge in [0.15, 0.2) is 11.5 Å². The lowest BCUT2D eigenvalue weighted by Crippen LogP contribution is -2.35. The molecular formula is C26H22N4O4. The second kappa shape index (κ2) is 9.75. The fourth-order valence-corrected chi connectivity index (χ4v) is 3.68. The van der Waals surface area contributed by atoms with Gasteiger partial charge in [-0.3, -0.25) is 9.69 Å². The summed E-state index contributed by atoms with van der Waals surface area (Å²) in [6.45, 7) is 4.47. The molecule has 8 nitrogen and oxygen atoms in total. The number of hydrogen-bond donors (Lipinski definition) is 2. The third-order valence-corrected chi connectivity index (χ3v) is 5.57. The van der Waals surface area contributed by atoms with Crippen LogP contribution in [0.1, 0.15) is 16.7 Å². The standard InChI is InChI=1S/C26H22N4O4/c31-25-24(27-17-28-26(25)32)23-15-22(29-34-23)21-9-7-19(8-10-21)2-1-18-3-5-20(6-4-18)16-30-11-13-33-14-12-30/h3-10,15,17,31H,11-14,16H2,(H,27,28,32). The molecule has 0 saturated carbocycles. The molecule has 1 saturated heterocycles. The molecule has 0 atom stereocenters. The van der Waals surface area contributed by atoms with Crippen LogP contribution < -0.4 is 5.56 Å². The molecule has 1 fully saturated rings. The molecule has 2 aromatic heterocycles. The largest absolute Gasteiger partial charge is 0.501 e. The van der Waals surface area contributed by atoms with Crippen LogP contribution in [0.25, 0.3) is 22.7 Å². The number of hydrogen-bond acceptors (Lipinski definition) is 7. The van der Waals surface area contributed by atoms with Crippen LogP contribution in [-0.2, 0) is 11.3 Å². The maximum atomic E-state index is 11.6. The zero-order valence-electron chi connectivity index (χ0n) is 18.3. The van der Waals surface area contributed by atoms with Crippen molar-refractivity contribution in [2.75, 3.05) is 26.3 Å². The molecule has 1 aliphatic heterocycles. The molecule has 2 N–H and O–H groups in total. The number of nitrogens with zero attached hydrogens (tertiary/aromatic N) is 3. The molecule has 8 heteroatoms. The number of ether oxygens (including phenoxy) is 1. The fraction of sp³-hybridized carbons (Fsp3) is 0.192. The maximum absolute atomic E-state index is 11.6. The van der Waals surface area contributed by atoms with Crippen molar-refractivity contribution in [1.29, 1.82) is 0 Å². The van der Waals surface area contributed by atoms with E-state index in [1.54, 1.807) is 6.07 Å². The highest BCUT2D eigenvalue weighted by Crippen LogP contribution is 2.28. The first-order chi connectivity index (χ1) is 16.7. The van der Waals surface area contributed by atoms with E-state index in [-0.39, 0.29) is 11.5 Å². The number of benzene rings is 2. The first-order valence-electron chi connectivity index (χ1n) is 10.9. The molecule has 0 radical (unpaired) electrons. The minimum Gasteiger partial charge on any atom is -0.501 e. The van der Waals surface area contributed by atoms with E-state index >= 15 is 0 Å². The molecule has 170 valence electrons. The lowest BCUT2D eigenvalue weighted by molar-refractivity contribution is 0.0342. The number of nitrogens with one attached hydrogen (secondary N) is 1. The van der Waals surface area contributed by atoms with E-state index in [1.807, 2.05) is 36.4 Å². The van der Waals surface area contributed by atoms with Gasteiger partial charge in [-0.15, -0.1) is 0 Å². The molecule has 5 rings (SSSR count). The van der Waals surface area contributed by atoms with Crippen LogP contribution in [0, 0.1) is 11.8 Å². The van der Waals surface area contributed by atoms with Crippen molar-refractivity contribution in [3.8, 4) is 40.3 Å². The Morgan fingerprint density at radius 2 is 1.68 bits per heavy atom. The van der Waals surface area contributed by atoms with E-state index in [2.05, 4.69) is 44.0 Å². The third-order valence-electron chi connectivity index (χ3n) is 5.57. The van der Waals surface area contributed by atoms with Crippen LogP contribution in [-0.4, -0.2) is 51.4 Å². The van der Waals surface area contributed by atoms with Crippen LogP contribution in [0.3, 0.4) is 0 Å². The smallest absolute Gasteiger partial charge is 0.293 e. The summed E-state index contributed by atoms with van der Waals surface area (Å²) >= 11 is 0. The Labute approximate surface area is 195 Å². The summed E-state index contributed by atoms with van der Waals surface area (Å²) in [5.74, 6) is 6.08. The molecule has 0 aliphatic carbocycles. The number of rotatable bonds is 4. The topological polar surface area (TPSA) is 104 Å². The third kappa shape index (κ3) is 4.91. The van der Waals surface area contributed by atoms with Gasteiger partial charge in [-0.2, -0.15) is 0 Å². The van der Waals surface area contributed by atoms with Gasteiger partial charge in [0.05, 0.1) is 19.5 Å². The molecule has 0 amide bonds. The predicted molar refractivity (Wildman–Crippen MR) is 126 cm³/mol. The van der Waals surface area contributed by atoms with Crippen molar-refractivity contribution >= 4 is 0 Å². The Hall–Kier alpha value is -4.19. The second-order valence-corrected chi connectivity index (χ2v) is 7.92. The summed E-state index contributed by atoms with van der Waals surface area (Å²) in [4.78, 5) is 20.2. The van der Waals surface area contributed by atoms with Crippen LogP contribution in [0.2, 0.25) is 0 Å². The first-order valence-corrected chi connectivity index (χ1v) is 10.9. The number of aromatic hydroxyl groups is 1. The van der Waals surface area contributed by atoms with E-state index in [0.717, 1.165) is 49.5 Å². The summed E-state index contributed by atoms with van der Waals surface area (Å²) in [6, 6.07) is 17.6. The van der Waals surface area contributed by atoms with Crippen LogP contribution in [0.4, 0.5) is 0 Å². The molecule has 0 unspecified atom stereocenters. The predicted octanol–water partition coefficient (Wildman–Crippen LogP) is 3.03. The number of aromatic amines is 1. The summed E-state index contributed by atoms with van der Waals surface area (Å²) in [7, 11) is 0. The Morgan fingerprint density at radius 1 is 1.00 bits per heavy atom. The molecule has 4 aromatic rings. The minimum atomic E-state index is -0.641. The van der Waals surface area contributed by atoms with Gasteiger partial charge in [0, 0.05) is 42.4 Å². The average Bonchev–Trinajstić information content (AvgIpc) is 3.36. The number of aromatic nitrogens is 3. The molecule has 2 aromatic carbocycles. The monoisotopic (exact) mass is 454 g/mol. The zero-order valence-corrected chi connectivity index (χ0v) is 18.3. The van der Waals surface area contributed by atoms with E-state index < -0.39 is 11.3 Å². The van der Waals surface area contributed by atoms with Gasteiger partial charge < -0.3 is 19.4 Å². The van der Waals surface area contributed by atoms with Crippen LogP contribution in [0.15, 0.2) is 70.2 Å². The SMILES string of the molecule is O=c1[nH]cnc(-c2cc(-c3ccc(C#Cc4ccc(CN5CCOCC5)cc4)cc3)no2)c1O. The molecule has 34 heavy (non-hydrogen) atoms. The first kappa shape index (κ1) is 21.6. The van der Waals surface area contributed by atoms with Crippen molar-refractivity contribution in [2.24, 2.45) is 0 Å². The van der Waals surface area contributed by atoms with Crippen LogP contribution >= 0.6 is 0 Å². The normalized spacial score (nSPS) is 13.9. The van der Waals surface area contributed by atoms with E-state index in [0.29, 0.717) is 5.69 Å². The lowest BCUT2D eigenvalue weighted by Gasteiger charge is -2.26. The Balaban J connectivity index is 1.25. The van der Waals surface area contributed by atoms with Gasteiger partial charge in [-0.25, -0.2) is 4.98 Å². The molecule has 0 bridgehead atoms. The number of morpholine rings is 1. The van der Waals surface area contributed by atoms with E-state index in [9.17, 15) is 9.90 Å². The van der Waals surface area contributed by atoms with Crippen molar-refractivity contribution in [3.63, 3.8) is 0 Å². The molecule has 0 spiro atoms. The van der Waals surface area contributed by atoms with Gasteiger partial charge in [0.25, 0.3) is 5.56 Å². The highest BCUT2D eigenvalue weighted by Gasteiger charge is 2.15. The number of H-pyrrole nitrogens is 1. The van der Waals surface area contributed by atoms with Crippen LogP contribution in [0.5, 0.6) is 5.75 Å². The van der Waals surface area contributed by atoms with Crippen molar-refractivity contribution in [2.45, 2.75) is 6.54 Å². The van der Waals surface area contributed by atoms with Gasteiger partial charge >= 0.3 is 0 Å². The van der Waals surface area contributed by atoms with Gasteiger partial charge in [-0.1, -0.05) is 41.3 Å². The fourth-order valence-electron chi connectivity index (χ4n) is 3.68. The summed E-state index contributed by atoms with van der Waals surface area (Å²) < 4.78 is 10.7. The Kier molecular flexibility index (Phi) is 6.21. The molecule has 1 aliphatic rings. The minimum absolute atomic E-state index is 0.0425. The maximum Gasteiger partial charge on any atom is 0.293 e. The van der Waals surface area contributed by atoms with Gasteiger partial charge in [0.1, 0.15) is 5.69 Å². The van der Waals surface area contributed by atoms with Crippen molar-refractivity contribution in [1.82, 2.24) is 20.0 Å². The van der Waals surface area contributed by atoms with Crippen molar-refractivity contribution < 1.29 is 14.4 Å². The zero-order chi connectivity index (χ0) is 23.3. The van der Waals surface area contributed by atoms with E-state index in [1.165, 1.54) is 11.9 Å². The van der Waals surface area contributed by atoms with Crippen molar-refractivity contribution in [3.05, 3.63) is 88.0 Å². The summed E-state index contributed by atoms with van der Waals surface area (Å²) in [5, 5.41) is 13.9. The molecule has 3 heterocycles. The highest BCUT2D eigenvalue weighted by atomic mass is 16.5. The Morgan fingerprint density at radius 3 is 2.38 bits per heavy atom. The molecular weight excluding hydrogens is 432 g/mol. The summed E-state index contributed by atoms with van der Waals surface area (Å²) in [6.07, 6.45) is 1.20. The van der Waals surface area contributed by atoms with E-state index in [4.69, 9.17) is 9.26 Å². The van der Waals surface area contributed by atoms with Gasteiger partial charge in [0.2, 0.25) is 5.75 Å². The van der Waals surface area contributed by atoms with Gasteiger partial charge in [-0.05, 0) is 29.8 Å². The second-order valence-electron chi connectivity index (χ2n) is 7.92. The Bertz CT molecular complexity index is 1390. The highest BCUT2D eigenvalue weighted by molar-refractivity contribution is 5.68. The lowest BCUT2D eigenvalue weighted by atomic mass is 10.1. The quantitative estimate of drug-likeness (QED) is 0.457. The average molecular weight is 454 g/mol.